The van der Waals surface area contributed by atoms with E-state index in [4.69, 9.17) is 11.6 Å². The summed E-state index contributed by atoms with van der Waals surface area (Å²) in [5.41, 5.74) is 0.672. The highest BCUT2D eigenvalue weighted by Gasteiger charge is 2.24. The van der Waals surface area contributed by atoms with Crippen LogP contribution in [0.3, 0.4) is 0 Å². The number of amides is 1. The van der Waals surface area contributed by atoms with E-state index in [1.807, 2.05) is 30.0 Å². The quantitative estimate of drug-likeness (QED) is 0.873. The zero-order valence-electron chi connectivity index (χ0n) is 11.7. The van der Waals surface area contributed by atoms with Crippen molar-refractivity contribution in [2.45, 2.75) is 37.0 Å². The van der Waals surface area contributed by atoms with Gasteiger partial charge in [-0.05, 0) is 31.2 Å². The minimum atomic E-state index is -0.0384. The summed E-state index contributed by atoms with van der Waals surface area (Å²) in [5, 5.41) is 7.42. The predicted octanol–water partition coefficient (Wildman–Crippen LogP) is 3.54. The molecule has 0 heterocycles. The second-order valence-electron chi connectivity index (χ2n) is 5.07. The van der Waals surface area contributed by atoms with Crippen LogP contribution in [-0.2, 0) is 4.79 Å². The zero-order chi connectivity index (χ0) is 14.4. The molecule has 20 heavy (non-hydrogen) atoms. The lowest BCUT2D eigenvalue weighted by atomic mass is 9.95. The molecular weight excluding hydrogens is 292 g/mol. The van der Waals surface area contributed by atoms with Gasteiger partial charge in [0.2, 0.25) is 5.91 Å². The van der Waals surface area contributed by atoms with E-state index >= 15 is 0 Å². The molecule has 0 bridgehead atoms. The first-order chi connectivity index (χ1) is 9.70. The highest BCUT2D eigenvalue weighted by atomic mass is 35.5. The molecule has 1 aliphatic carbocycles. The standard InChI is InChI=1S/C15H21ClN2OS/c1-20-14-9-5-4-8-13(14)17-10-15(19)18-12-7-3-2-6-11(12)16/h2-3,6-7,13-14,17H,4-5,8-10H2,1H3,(H,18,19). The van der Waals surface area contributed by atoms with Crippen LogP contribution in [0.5, 0.6) is 0 Å². The highest BCUT2D eigenvalue weighted by Crippen LogP contribution is 2.27. The molecule has 0 aromatic heterocycles. The van der Waals surface area contributed by atoms with Gasteiger partial charge < -0.3 is 10.6 Å². The van der Waals surface area contributed by atoms with Crippen molar-refractivity contribution in [2.75, 3.05) is 18.1 Å². The van der Waals surface area contributed by atoms with E-state index in [2.05, 4.69) is 16.9 Å². The first-order valence-corrected chi connectivity index (χ1v) is 8.68. The van der Waals surface area contributed by atoms with Crippen LogP contribution in [0.2, 0.25) is 5.02 Å². The van der Waals surface area contributed by atoms with E-state index in [0.29, 0.717) is 28.5 Å². The van der Waals surface area contributed by atoms with Crippen molar-refractivity contribution in [3.05, 3.63) is 29.3 Å². The fraction of sp³-hybridized carbons (Fsp3) is 0.533. The van der Waals surface area contributed by atoms with Crippen molar-refractivity contribution < 1.29 is 4.79 Å². The Morgan fingerprint density at radius 3 is 2.85 bits per heavy atom. The van der Waals surface area contributed by atoms with Crippen molar-refractivity contribution in [3.8, 4) is 0 Å². The van der Waals surface area contributed by atoms with Crippen LogP contribution in [0, 0.1) is 0 Å². The van der Waals surface area contributed by atoms with Crippen LogP contribution in [0.4, 0.5) is 5.69 Å². The van der Waals surface area contributed by atoms with E-state index in [-0.39, 0.29) is 5.91 Å². The Kier molecular flexibility index (Phi) is 6.20. The Hall–Kier alpha value is -0.710. The van der Waals surface area contributed by atoms with E-state index in [1.165, 1.54) is 19.3 Å². The maximum atomic E-state index is 12.0. The van der Waals surface area contributed by atoms with Gasteiger partial charge in [-0.2, -0.15) is 11.8 Å². The molecule has 0 radical (unpaired) electrons. The number of benzene rings is 1. The van der Waals surface area contributed by atoms with Crippen molar-refractivity contribution in [3.63, 3.8) is 0 Å². The Labute approximate surface area is 129 Å². The molecule has 1 aromatic carbocycles. The minimum absolute atomic E-state index is 0.0384. The smallest absolute Gasteiger partial charge is 0.238 e. The molecule has 0 spiro atoms. The average molecular weight is 313 g/mol. The molecular formula is C15H21ClN2OS. The number of carbonyl (C=O) groups is 1. The lowest BCUT2D eigenvalue weighted by Crippen LogP contribution is -2.43. The van der Waals surface area contributed by atoms with E-state index in [9.17, 15) is 4.79 Å². The molecule has 1 fully saturated rings. The minimum Gasteiger partial charge on any atom is -0.324 e. The lowest BCUT2D eigenvalue weighted by Gasteiger charge is -2.30. The summed E-state index contributed by atoms with van der Waals surface area (Å²) in [6.45, 7) is 0.340. The first-order valence-electron chi connectivity index (χ1n) is 7.01. The number of hydrogen-bond donors (Lipinski definition) is 2. The third-order valence-electron chi connectivity index (χ3n) is 3.68. The summed E-state index contributed by atoms with van der Waals surface area (Å²) in [6, 6.07) is 7.73. The number of hydrogen-bond acceptors (Lipinski definition) is 3. The monoisotopic (exact) mass is 312 g/mol. The van der Waals surface area contributed by atoms with Gasteiger partial charge in [0.05, 0.1) is 17.3 Å². The molecule has 110 valence electrons. The summed E-state index contributed by atoms with van der Waals surface area (Å²) in [5.74, 6) is -0.0384. The molecule has 1 amide bonds. The summed E-state index contributed by atoms with van der Waals surface area (Å²) in [6.07, 6.45) is 7.10. The molecule has 2 N–H and O–H groups in total. The summed E-state index contributed by atoms with van der Waals surface area (Å²) in [7, 11) is 0. The Morgan fingerprint density at radius 2 is 2.10 bits per heavy atom. The van der Waals surface area contributed by atoms with E-state index in [0.717, 1.165) is 6.42 Å². The van der Waals surface area contributed by atoms with Gasteiger partial charge in [-0.15, -0.1) is 0 Å². The molecule has 1 aliphatic rings. The highest BCUT2D eigenvalue weighted by molar-refractivity contribution is 7.99. The maximum Gasteiger partial charge on any atom is 0.238 e. The number of carbonyl (C=O) groups excluding carboxylic acids is 1. The molecule has 0 saturated heterocycles. The van der Waals surface area contributed by atoms with Crippen molar-refractivity contribution >= 4 is 35.0 Å². The van der Waals surface area contributed by atoms with Crippen molar-refractivity contribution in [1.82, 2.24) is 5.32 Å². The largest absolute Gasteiger partial charge is 0.324 e. The van der Waals surface area contributed by atoms with Crippen molar-refractivity contribution in [2.24, 2.45) is 0 Å². The van der Waals surface area contributed by atoms with E-state index < -0.39 is 0 Å². The third-order valence-corrected chi connectivity index (χ3v) is 5.18. The molecule has 0 aliphatic heterocycles. The molecule has 3 nitrogen and oxygen atoms in total. The summed E-state index contributed by atoms with van der Waals surface area (Å²) < 4.78 is 0. The fourth-order valence-electron chi connectivity index (χ4n) is 2.59. The van der Waals surface area contributed by atoms with Crippen LogP contribution in [-0.4, -0.2) is 30.0 Å². The maximum absolute atomic E-state index is 12.0. The van der Waals surface area contributed by atoms with Gasteiger partial charge >= 0.3 is 0 Å². The normalized spacial score (nSPS) is 22.5. The van der Waals surface area contributed by atoms with Gasteiger partial charge in [0.1, 0.15) is 0 Å². The van der Waals surface area contributed by atoms with Gasteiger partial charge in [0.25, 0.3) is 0 Å². The lowest BCUT2D eigenvalue weighted by molar-refractivity contribution is -0.115. The van der Waals surface area contributed by atoms with Crippen molar-refractivity contribution in [1.29, 1.82) is 0 Å². The van der Waals surface area contributed by atoms with Crippen LogP contribution in [0.25, 0.3) is 0 Å². The van der Waals surface area contributed by atoms with Gasteiger partial charge in [0, 0.05) is 11.3 Å². The van der Waals surface area contributed by atoms with Crippen LogP contribution >= 0.6 is 23.4 Å². The number of thioether (sulfide) groups is 1. The Balaban J connectivity index is 1.81. The third kappa shape index (κ3) is 4.40. The summed E-state index contributed by atoms with van der Waals surface area (Å²) in [4.78, 5) is 12.0. The second kappa shape index (κ2) is 7.91. The fourth-order valence-corrected chi connectivity index (χ4v) is 3.74. The SMILES string of the molecule is CSC1CCCCC1NCC(=O)Nc1ccccc1Cl. The Bertz CT molecular complexity index is 455. The Morgan fingerprint density at radius 1 is 1.35 bits per heavy atom. The van der Waals surface area contributed by atoms with Crippen LogP contribution in [0.15, 0.2) is 24.3 Å². The molecule has 5 heteroatoms. The van der Waals surface area contributed by atoms with Crippen LogP contribution < -0.4 is 10.6 Å². The molecule has 1 aromatic rings. The molecule has 1 saturated carbocycles. The molecule has 2 rings (SSSR count). The van der Waals surface area contributed by atoms with Gasteiger partial charge in [-0.25, -0.2) is 0 Å². The number of anilines is 1. The first kappa shape index (κ1) is 15.7. The number of nitrogens with one attached hydrogen (secondary N) is 2. The van der Waals surface area contributed by atoms with Gasteiger partial charge in [-0.1, -0.05) is 36.6 Å². The molecule has 2 unspecified atom stereocenters. The van der Waals surface area contributed by atoms with Gasteiger partial charge in [-0.3, -0.25) is 4.79 Å². The number of halogens is 1. The zero-order valence-corrected chi connectivity index (χ0v) is 13.3. The average Bonchev–Trinajstić information content (AvgIpc) is 2.48. The van der Waals surface area contributed by atoms with Gasteiger partial charge in [0.15, 0.2) is 0 Å². The predicted molar refractivity (Wildman–Crippen MR) is 87.6 cm³/mol. The number of para-hydroxylation sites is 1. The van der Waals surface area contributed by atoms with E-state index in [1.54, 1.807) is 6.07 Å². The second-order valence-corrected chi connectivity index (χ2v) is 6.56. The topological polar surface area (TPSA) is 41.1 Å². The number of rotatable bonds is 5. The van der Waals surface area contributed by atoms with Crippen LogP contribution in [0.1, 0.15) is 25.7 Å². The summed E-state index contributed by atoms with van der Waals surface area (Å²) >= 11 is 7.92. The molecule has 2 atom stereocenters.